The average Bonchev–Trinajstić information content (AvgIpc) is 2.89. The van der Waals surface area contributed by atoms with Crippen molar-refractivity contribution in [3.8, 4) is 0 Å². The predicted octanol–water partition coefficient (Wildman–Crippen LogP) is 3.93. The molecule has 3 atom stereocenters. The highest BCUT2D eigenvalue weighted by atomic mass is 32.2. The number of fused-ring (bicyclic) bond motifs is 1. The van der Waals surface area contributed by atoms with Crippen LogP contribution in [0.2, 0.25) is 0 Å². The second kappa shape index (κ2) is 7.42. The maximum absolute atomic E-state index is 12.9. The van der Waals surface area contributed by atoms with E-state index in [9.17, 15) is 4.79 Å². The van der Waals surface area contributed by atoms with Gasteiger partial charge in [0, 0.05) is 29.9 Å². The van der Waals surface area contributed by atoms with Crippen LogP contribution in [0.25, 0.3) is 0 Å². The molecule has 132 valence electrons. The lowest BCUT2D eigenvalue weighted by Crippen LogP contribution is -2.42. The van der Waals surface area contributed by atoms with Gasteiger partial charge in [0.25, 0.3) is 0 Å². The molecule has 2 heterocycles. The van der Waals surface area contributed by atoms with Crippen molar-refractivity contribution in [1.82, 2.24) is 14.9 Å². The van der Waals surface area contributed by atoms with Crippen LogP contribution in [0.5, 0.6) is 0 Å². The summed E-state index contributed by atoms with van der Waals surface area (Å²) in [6, 6.07) is 0.904. The molecule has 0 bridgehead atoms. The minimum Gasteiger partial charge on any atom is -0.337 e. The van der Waals surface area contributed by atoms with Gasteiger partial charge in [0.05, 0.1) is 0 Å². The number of carbonyl (C=O) groups excluding carboxylic acids is 1. The molecule has 3 rings (SSSR count). The van der Waals surface area contributed by atoms with Crippen molar-refractivity contribution in [2.45, 2.75) is 83.0 Å². The number of likely N-dealkylation sites (tertiary alicyclic amines) is 1. The molecule has 1 aliphatic heterocycles. The van der Waals surface area contributed by atoms with Crippen LogP contribution in [0, 0.1) is 19.8 Å². The lowest BCUT2D eigenvalue weighted by Gasteiger charge is -2.33. The van der Waals surface area contributed by atoms with Gasteiger partial charge in [-0.25, -0.2) is 9.97 Å². The molecular formula is C19H29N3OS. The second-order valence-corrected chi connectivity index (χ2v) is 8.13. The third-order valence-electron chi connectivity index (χ3n) is 5.80. The van der Waals surface area contributed by atoms with E-state index < -0.39 is 0 Å². The molecule has 1 saturated heterocycles. The van der Waals surface area contributed by atoms with Crippen molar-refractivity contribution < 1.29 is 4.79 Å². The van der Waals surface area contributed by atoms with Gasteiger partial charge in [-0.05, 0) is 64.2 Å². The molecule has 2 fully saturated rings. The minimum atomic E-state index is 0.324. The summed E-state index contributed by atoms with van der Waals surface area (Å²) in [4.78, 5) is 24.2. The van der Waals surface area contributed by atoms with Gasteiger partial charge in [0.2, 0.25) is 5.91 Å². The van der Waals surface area contributed by atoms with Crippen molar-refractivity contribution in [3.63, 3.8) is 0 Å². The van der Waals surface area contributed by atoms with E-state index in [1.807, 2.05) is 20.1 Å². The van der Waals surface area contributed by atoms with Crippen LogP contribution in [-0.2, 0) is 11.2 Å². The maximum atomic E-state index is 12.9. The molecule has 1 amide bonds. The molecule has 1 aromatic rings. The van der Waals surface area contributed by atoms with Gasteiger partial charge in [-0.1, -0.05) is 24.6 Å². The van der Waals surface area contributed by atoms with E-state index in [1.54, 1.807) is 11.8 Å². The van der Waals surface area contributed by atoms with E-state index >= 15 is 0 Å². The van der Waals surface area contributed by atoms with Crippen molar-refractivity contribution in [1.29, 1.82) is 0 Å². The Morgan fingerprint density at radius 3 is 2.54 bits per heavy atom. The normalized spacial score (nSPS) is 26.5. The van der Waals surface area contributed by atoms with Crippen LogP contribution < -0.4 is 0 Å². The van der Waals surface area contributed by atoms with E-state index in [0.717, 1.165) is 34.4 Å². The number of thioether (sulfide) groups is 1. The van der Waals surface area contributed by atoms with Crippen LogP contribution in [0.15, 0.2) is 5.16 Å². The van der Waals surface area contributed by atoms with Crippen LogP contribution in [-0.4, -0.2) is 39.1 Å². The van der Waals surface area contributed by atoms with Crippen LogP contribution in [0.3, 0.4) is 0 Å². The molecule has 3 unspecified atom stereocenters. The molecule has 2 aliphatic rings. The quantitative estimate of drug-likeness (QED) is 0.611. The van der Waals surface area contributed by atoms with Gasteiger partial charge in [0.1, 0.15) is 0 Å². The standard InChI is InChI=1S/C19H29N3OS/c1-12-11-15-7-5-6-8-17(15)22(12)18(23)10-9-16-13(2)20-19(24-4)21-14(16)3/h12,15,17H,5-11H2,1-4H3. The number of aryl methyl sites for hydroxylation is 2. The highest BCUT2D eigenvalue weighted by Crippen LogP contribution is 2.39. The Balaban J connectivity index is 1.67. The third kappa shape index (κ3) is 3.46. The number of hydrogen-bond acceptors (Lipinski definition) is 4. The Bertz CT molecular complexity index is 596. The van der Waals surface area contributed by atoms with Crippen molar-refractivity contribution in [3.05, 3.63) is 17.0 Å². The molecule has 4 nitrogen and oxygen atoms in total. The van der Waals surface area contributed by atoms with Crippen molar-refractivity contribution in [2.75, 3.05) is 6.26 Å². The molecule has 1 aromatic heterocycles. The zero-order chi connectivity index (χ0) is 17.3. The molecule has 0 radical (unpaired) electrons. The summed E-state index contributed by atoms with van der Waals surface area (Å²) in [5.74, 6) is 1.06. The summed E-state index contributed by atoms with van der Waals surface area (Å²) in [7, 11) is 0. The Morgan fingerprint density at radius 2 is 1.88 bits per heavy atom. The Labute approximate surface area is 149 Å². The van der Waals surface area contributed by atoms with Gasteiger partial charge in [-0.3, -0.25) is 4.79 Å². The highest BCUT2D eigenvalue weighted by Gasteiger charge is 2.42. The van der Waals surface area contributed by atoms with Crippen LogP contribution in [0.1, 0.15) is 62.4 Å². The lowest BCUT2D eigenvalue weighted by atomic mass is 9.85. The largest absolute Gasteiger partial charge is 0.337 e. The average molecular weight is 348 g/mol. The molecule has 5 heteroatoms. The number of hydrogen-bond donors (Lipinski definition) is 0. The number of rotatable bonds is 4. The van der Waals surface area contributed by atoms with Crippen molar-refractivity contribution in [2.24, 2.45) is 5.92 Å². The smallest absolute Gasteiger partial charge is 0.223 e. The Morgan fingerprint density at radius 1 is 1.21 bits per heavy atom. The fourth-order valence-corrected chi connectivity index (χ4v) is 5.12. The number of amides is 1. The van der Waals surface area contributed by atoms with Gasteiger partial charge in [-0.2, -0.15) is 0 Å². The summed E-state index contributed by atoms with van der Waals surface area (Å²) < 4.78 is 0. The van der Waals surface area contributed by atoms with Crippen molar-refractivity contribution >= 4 is 17.7 Å². The van der Waals surface area contributed by atoms with E-state index in [4.69, 9.17) is 0 Å². The van der Waals surface area contributed by atoms with Crippen LogP contribution >= 0.6 is 11.8 Å². The van der Waals surface area contributed by atoms with Gasteiger partial charge < -0.3 is 4.90 Å². The molecule has 1 aliphatic carbocycles. The molecule has 0 N–H and O–H groups in total. The first-order chi connectivity index (χ1) is 11.5. The minimum absolute atomic E-state index is 0.324. The summed E-state index contributed by atoms with van der Waals surface area (Å²) in [6.07, 6.45) is 9.65. The Kier molecular flexibility index (Phi) is 5.48. The van der Waals surface area contributed by atoms with E-state index in [2.05, 4.69) is 21.8 Å². The molecule has 0 aromatic carbocycles. The molecule has 24 heavy (non-hydrogen) atoms. The monoisotopic (exact) mass is 347 g/mol. The topological polar surface area (TPSA) is 46.1 Å². The first-order valence-electron chi connectivity index (χ1n) is 9.20. The number of carbonyl (C=O) groups is 1. The first kappa shape index (κ1) is 17.7. The fourth-order valence-electron chi connectivity index (χ4n) is 4.66. The summed E-state index contributed by atoms with van der Waals surface area (Å²) in [5, 5.41) is 0.818. The molecule has 1 saturated carbocycles. The zero-order valence-corrected chi connectivity index (χ0v) is 16.2. The van der Waals surface area contributed by atoms with Gasteiger partial charge >= 0.3 is 0 Å². The maximum Gasteiger partial charge on any atom is 0.223 e. The Hall–Kier alpha value is -1.10. The van der Waals surface area contributed by atoms with E-state index in [-0.39, 0.29) is 0 Å². The number of aromatic nitrogens is 2. The molecular weight excluding hydrogens is 318 g/mol. The summed E-state index contributed by atoms with van der Waals surface area (Å²) in [6.45, 7) is 6.29. The fraction of sp³-hybridized carbons (Fsp3) is 0.737. The zero-order valence-electron chi connectivity index (χ0n) is 15.3. The van der Waals surface area contributed by atoms with E-state index in [0.29, 0.717) is 24.4 Å². The first-order valence-corrected chi connectivity index (χ1v) is 10.4. The van der Waals surface area contributed by atoms with Gasteiger partial charge in [0.15, 0.2) is 5.16 Å². The van der Waals surface area contributed by atoms with Gasteiger partial charge in [-0.15, -0.1) is 0 Å². The lowest BCUT2D eigenvalue weighted by molar-refractivity contribution is -0.134. The second-order valence-electron chi connectivity index (χ2n) is 7.36. The highest BCUT2D eigenvalue weighted by molar-refractivity contribution is 7.98. The molecule has 0 spiro atoms. The predicted molar refractivity (Wildman–Crippen MR) is 98.3 cm³/mol. The SMILES string of the molecule is CSc1nc(C)c(CCC(=O)N2C(C)CC3CCCCC32)c(C)n1. The summed E-state index contributed by atoms with van der Waals surface area (Å²) >= 11 is 1.57. The summed E-state index contributed by atoms with van der Waals surface area (Å²) in [5.41, 5.74) is 3.18. The van der Waals surface area contributed by atoms with E-state index in [1.165, 1.54) is 32.1 Å². The van der Waals surface area contributed by atoms with Crippen LogP contribution in [0.4, 0.5) is 0 Å². The number of nitrogens with zero attached hydrogens (tertiary/aromatic N) is 3. The third-order valence-corrected chi connectivity index (χ3v) is 6.35.